The molecule has 0 aromatic heterocycles. The molecule has 0 amide bonds. The quantitative estimate of drug-likeness (QED) is 0.721. The Hall–Kier alpha value is -0.0800. The topological polar surface area (TPSA) is 23.8 Å². The van der Waals surface area contributed by atoms with E-state index in [2.05, 4.69) is 51.5 Å². The fourth-order valence-corrected chi connectivity index (χ4v) is 2.46. The molecule has 0 saturated heterocycles. The third kappa shape index (κ3) is 2.20. The van der Waals surface area contributed by atoms with E-state index in [-0.39, 0.29) is 0 Å². The minimum atomic E-state index is 0.481. The van der Waals surface area contributed by atoms with Crippen molar-refractivity contribution in [3.05, 3.63) is 31.3 Å². The molecular weight excluding hydrogens is 329 g/mol. The normalized spacial score (nSPS) is 9.50. The highest BCUT2D eigenvalue weighted by atomic mass is 127. The third-order valence-corrected chi connectivity index (χ3v) is 3.57. The van der Waals surface area contributed by atoms with Gasteiger partial charge in [-0.25, -0.2) is 0 Å². The Labute approximate surface area is 94.0 Å². The first-order chi connectivity index (χ1) is 5.65. The van der Waals surface area contributed by atoms with Crippen LogP contribution in [-0.2, 0) is 6.42 Å². The smallest absolute Gasteiger partial charge is 0.0669 e. The summed E-state index contributed by atoms with van der Waals surface area (Å²) in [7, 11) is 0. The van der Waals surface area contributed by atoms with E-state index < -0.39 is 0 Å². The maximum Gasteiger partial charge on any atom is 0.0669 e. The zero-order valence-electron chi connectivity index (χ0n) is 6.56. The Morgan fingerprint density at radius 2 is 2.25 bits per heavy atom. The van der Waals surface area contributed by atoms with Crippen LogP contribution in [0.3, 0.4) is 0 Å². The zero-order chi connectivity index (χ0) is 9.14. The van der Waals surface area contributed by atoms with E-state index in [4.69, 9.17) is 5.26 Å². The molecule has 1 rings (SSSR count). The van der Waals surface area contributed by atoms with Crippen molar-refractivity contribution >= 4 is 38.5 Å². The number of rotatable bonds is 1. The van der Waals surface area contributed by atoms with Crippen molar-refractivity contribution in [2.45, 2.75) is 13.3 Å². The van der Waals surface area contributed by atoms with Crippen molar-refractivity contribution in [3.63, 3.8) is 0 Å². The minimum Gasteiger partial charge on any atom is -0.198 e. The Kier molecular flexibility index (Phi) is 3.53. The number of benzene rings is 1. The highest BCUT2D eigenvalue weighted by Crippen LogP contribution is 2.23. The highest BCUT2D eigenvalue weighted by Gasteiger charge is 2.02. The van der Waals surface area contributed by atoms with E-state index in [9.17, 15) is 0 Å². The summed E-state index contributed by atoms with van der Waals surface area (Å²) < 4.78 is 2.28. The molecule has 0 spiro atoms. The molecule has 1 aromatic rings. The second-order valence-corrected chi connectivity index (χ2v) is 4.54. The average Bonchev–Trinajstić information content (AvgIpc) is 2.01. The maximum atomic E-state index is 8.50. The molecule has 0 saturated carbocycles. The van der Waals surface area contributed by atoms with Crippen LogP contribution >= 0.6 is 38.5 Å². The fraction of sp³-hybridized carbons (Fsp3) is 0.222. The lowest BCUT2D eigenvalue weighted by molar-refractivity contribution is 1.23. The summed E-state index contributed by atoms with van der Waals surface area (Å²) in [6.07, 6.45) is 0.481. The lowest BCUT2D eigenvalue weighted by atomic mass is 10.1. The summed E-state index contributed by atoms with van der Waals surface area (Å²) in [6, 6.07) is 6.18. The summed E-state index contributed by atoms with van der Waals surface area (Å²) in [4.78, 5) is 0. The van der Waals surface area contributed by atoms with Crippen LogP contribution in [0, 0.1) is 21.8 Å². The number of nitrogens with zero attached hydrogens (tertiary/aromatic N) is 1. The summed E-state index contributed by atoms with van der Waals surface area (Å²) >= 11 is 5.73. The van der Waals surface area contributed by atoms with E-state index in [0.717, 1.165) is 10.0 Å². The van der Waals surface area contributed by atoms with Crippen LogP contribution in [0.4, 0.5) is 0 Å². The lowest BCUT2D eigenvalue weighted by Crippen LogP contribution is -1.88. The van der Waals surface area contributed by atoms with Gasteiger partial charge in [0.15, 0.2) is 0 Å². The summed E-state index contributed by atoms with van der Waals surface area (Å²) in [6.45, 7) is 2.06. The van der Waals surface area contributed by atoms with Crippen molar-refractivity contribution in [2.75, 3.05) is 0 Å². The van der Waals surface area contributed by atoms with E-state index >= 15 is 0 Å². The van der Waals surface area contributed by atoms with Crippen LogP contribution in [0.2, 0.25) is 0 Å². The average molecular weight is 336 g/mol. The van der Waals surface area contributed by atoms with Gasteiger partial charge in [0.25, 0.3) is 0 Å². The fourth-order valence-electron chi connectivity index (χ4n) is 0.891. The van der Waals surface area contributed by atoms with Crippen molar-refractivity contribution in [3.8, 4) is 6.07 Å². The summed E-state index contributed by atoms with van der Waals surface area (Å²) in [5.41, 5.74) is 2.30. The molecule has 0 aliphatic rings. The highest BCUT2D eigenvalue weighted by molar-refractivity contribution is 14.1. The Morgan fingerprint density at radius 3 is 2.75 bits per heavy atom. The van der Waals surface area contributed by atoms with Gasteiger partial charge < -0.3 is 0 Å². The molecule has 0 heterocycles. The molecule has 0 N–H and O–H groups in total. The molecule has 3 heteroatoms. The summed E-state index contributed by atoms with van der Waals surface area (Å²) in [5.74, 6) is 0. The zero-order valence-corrected chi connectivity index (χ0v) is 10.3. The molecule has 1 nitrogen and oxygen atoms in total. The first kappa shape index (κ1) is 10.0. The summed E-state index contributed by atoms with van der Waals surface area (Å²) in [5, 5.41) is 8.50. The van der Waals surface area contributed by atoms with Crippen molar-refractivity contribution < 1.29 is 0 Å². The standard InChI is InChI=1S/C9H7BrIN/c1-6-8(10)4-7(2-3-12)5-9(6)11/h4-5H,2H2,1H3. The van der Waals surface area contributed by atoms with Crippen LogP contribution in [-0.4, -0.2) is 0 Å². The molecule has 0 fully saturated rings. The van der Waals surface area contributed by atoms with Gasteiger partial charge in [0.1, 0.15) is 0 Å². The SMILES string of the molecule is Cc1c(Br)cc(CC#N)cc1I. The molecule has 0 bridgehead atoms. The molecule has 1 aromatic carbocycles. The minimum absolute atomic E-state index is 0.481. The lowest BCUT2D eigenvalue weighted by Gasteiger charge is -2.03. The van der Waals surface area contributed by atoms with Gasteiger partial charge in [0, 0.05) is 8.04 Å². The Balaban J connectivity index is 3.14. The van der Waals surface area contributed by atoms with Crippen LogP contribution in [0.15, 0.2) is 16.6 Å². The monoisotopic (exact) mass is 335 g/mol. The molecule has 0 unspecified atom stereocenters. The molecule has 0 aliphatic heterocycles. The molecule has 12 heavy (non-hydrogen) atoms. The van der Waals surface area contributed by atoms with Gasteiger partial charge in [0.05, 0.1) is 12.5 Å². The first-order valence-corrected chi connectivity index (χ1v) is 5.34. The number of hydrogen-bond donors (Lipinski definition) is 0. The van der Waals surface area contributed by atoms with Gasteiger partial charge in [-0.3, -0.25) is 0 Å². The predicted octanol–water partition coefficient (Wildman–Crippen LogP) is 3.43. The van der Waals surface area contributed by atoms with E-state index in [1.54, 1.807) is 0 Å². The molecule has 0 atom stereocenters. The van der Waals surface area contributed by atoms with Gasteiger partial charge in [0.2, 0.25) is 0 Å². The van der Waals surface area contributed by atoms with Crippen LogP contribution in [0.25, 0.3) is 0 Å². The van der Waals surface area contributed by atoms with Crippen molar-refractivity contribution in [1.82, 2.24) is 0 Å². The van der Waals surface area contributed by atoms with E-state index in [1.807, 2.05) is 12.1 Å². The van der Waals surface area contributed by atoms with Gasteiger partial charge in [-0.05, 0) is 52.8 Å². The number of nitriles is 1. The largest absolute Gasteiger partial charge is 0.198 e. The van der Waals surface area contributed by atoms with Crippen molar-refractivity contribution in [2.24, 2.45) is 0 Å². The predicted molar refractivity (Wildman–Crippen MR) is 60.9 cm³/mol. The second-order valence-electron chi connectivity index (χ2n) is 2.52. The Bertz CT molecular complexity index is 318. The van der Waals surface area contributed by atoms with Gasteiger partial charge in [-0.15, -0.1) is 0 Å². The van der Waals surface area contributed by atoms with Crippen LogP contribution in [0.5, 0.6) is 0 Å². The molecule has 0 radical (unpaired) electrons. The molecular formula is C9H7BrIN. The maximum absolute atomic E-state index is 8.50. The van der Waals surface area contributed by atoms with Gasteiger partial charge in [-0.2, -0.15) is 5.26 Å². The Morgan fingerprint density at radius 1 is 1.58 bits per heavy atom. The van der Waals surface area contributed by atoms with Crippen LogP contribution in [0.1, 0.15) is 11.1 Å². The van der Waals surface area contributed by atoms with E-state index in [1.165, 1.54) is 9.13 Å². The van der Waals surface area contributed by atoms with Crippen molar-refractivity contribution in [1.29, 1.82) is 5.26 Å². The first-order valence-electron chi connectivity index (χ1n) is 3.46. The molecule has 62 valence electrons. The van der Waals surface area contributed by atoms with Crippen LogP contribution < -0.4 is 0 Å². The van der Waals surface area contributed by atoms with E-state index in [0.29, 0.717) is 6.42 Å². The third-order valence-electron chi connectivity index (χ3n) is 1.62. The van der Waals surface area contributed by atoms with Gasteiger partial charge in [-0.1, -0.05) is 15.9 Å². The number of halogens is 2. The molecule has 0 aliphatic carbocycles. The van der Waals surface area contributed by atoms with Gasteiger partial charge >= 0.3 is 0 Å². The number of hydrogen-bond acceptors (Lipinski definition) is 1. The second kappa shape index (κ2) is 4.24.